The number of fused-ring (bicyclic) bond motifs is 1. The van der Waals surface area contributed by atoms with Crippen LogP contribution < -0.4 is 10.5 Å². The Kier molecular flexibility index (Phi) is 6.99. The van der Waals surface area contributed by atoms with E-state index in [0.717, 1.165) is 0 Å². The van der Waals surface area contributed by atoms with Crippen molar-refractivity contribution in [3.05, 3.63) is 111 Å². The van der Waals surface area contributed by atoms with Crippen LogP contribution in [0.3, 0.4) is 0 Å². The fourth-order valence-corrected chi connectivity index (χ4v) is 5.25. The van der Waals surface area contributed by atoms with Crippen LogP contribution in [0.5, 0.6) is 0 Å². The third-order valence-electron chi connectivity index (χ3n) is 7.15. The van der Waals surface area contributed by atoms with E-state index in [9.17, 15) is 28.7 Å². The van der Waals surface area contributed by atoms with Crippen molar-refractivity contribution < 1.29 is 18.7 Å². The molecule has 0 saturated carbocycles. The maximum atomic E-state index is 13.8. The summed E-state index contributed by atoms with van der Waals surface area (Å²) in [7, 11) is 1.50. The van der Waals surface area contributed by atoms with E-state index in [2.05, 4.69) is 9.83 Å². The van der Waals surface area contributed by atoms with Gasteiger partial charge in [-0.1, -0.05) is 30.8 Å². The molecule has 2 aromatic heterocycles. The highest BCUT2D eigenvalue weighted by Crippen LogP contribution is 2.36. The summed E-state index contributed by atoms with van der Waals surface area (Å²) < 4.78 is 28.8. The fourth-order valence-electron chi connectivity index (χ4n) is 5.25. The predicted molar refractivity (Wildman–Crippen MR) is 143 cm³/mol. The highest BCUT2D eigenvalue weighted by molar-refractivity contribution is 5.93. The summed E-state index contributed by atoms with van der Waals surface area (Å²) in [6.45, 7) is 7.63. The Morgan fingerprint density at radius 3 is 2.20 bits per heavy atom. The van der Waals surface area contributed by atoms with Crippen molar-refractivity contribution in [2.75, 3.05) is 24.5 Å². The summed E-state index contributed by atoms with van der Waals surface area (Å²) in [6.07, 6.45) is 0. The predicted octanol–water partition coefficient (Wildman–Crippen LogP) is 4.00. The number of rotatable bonds is 5. The van der Waals surface area contributed by atoms with Crippen LogP contribution in [-0.4, -0.2) is 51.2 Å². The molecule has 1 fully saturated rings. The third kappa shape index (κ3) is 4.64. The Balaban J connectivity index is 1.63. The van der Waals surface area contributed by atoms with E-state index in [-0.39, 0.29) is 42.2 Å². The van der Waals surface area contributed by atoms with Crippen molar-refractivity contribution in [1.82, 2.24) is 14.5 Å². The number of carboxylic acid groups (broad SMARTS) is 1. The number of aryl methyl sites for hydroxylation is 1. The molecule has 3 heterocycles. The third-order valence-corrected chi connectivity index (χ3v) is 7.15. The van der Waals surface area contributed by atoms with Gasteiger partial charge in [0.15, 0.2) is 0 Å². The van der Waals surface area contributed by atoms with E-state index in [0.29, 0.717) is 16.6 Å². The molecule has 5 rings (SSSR count). The lowest BCUT2D eigenvalue weighted by molar-refractivity contribution is -0.144. The summed E-state index contributed by atoms with van der Waals surface area (Å²) >= 11 is 0. The molecule has 1 aliphatic heterocycles. The van der Waals surface area contributed by atoms with Crippen molar-refractivity contribution in [2.45, 2.75) is 12.1 Å². The lowest BCUT2D eigenvalue weighted by Crippen LogP contribution is -2.58. The van der Waals surface area contributed by atoms with Crippen LogP contribution in [0.4, 0.5) is 20.3 Å². The van der Waals surface area contributed by atoms with Crippen molar-refractivity contribution in [1.29, 1.82) is 5.26 Å². The molecule has 11 heteroatoms. The fraction of sp³-hybridized carbons (Fsp3) is 0.207. The summed E-state index contributed by atoms with van der Waals surface area (Å²) in [4.78, 5) is 36.9. The first-order valence-electron chi connectivity index (χ1n) is 12.3. The van der Waals surface area contributed by atoms with Crippen LogP contribution in [0.1, 0.15) is 22.7 Å². The second-order valence-electron chi connectivity index (χ2n) is 9.39. The highest BCUT2D eigenvalue weighted by atomic mass is 19.1. The maximum absolute atomic E-state index is 13.8. The molecule has 0 radical (unpaired) electrons. The van der Waals surface area contributed by atoms with Gasteiger partial charge in [0, 0.05) is 26.7 Å². The second kappa shape index (κ2) is 10.6. The molecule has 1 unspecified atom stereocenters. The molecule has 4 aromatic rings. The van der Waals surface area contributed by atoms with Crippen LogP contribution >= 0.6 is 0 Å². The number of piperazine rings is 1. The van der Waals surface area contributed by atoms with Gasteiger partial charge in [0.25, 0.3) is 11.4 Å². The standard InChI is InChI=1S/C29H22F2N6O3/c1-33-24-12-11-22-25(34-24)27(21(15-32)28(38)35(22)2)36-13-14-37(23(16-36)29(39)40)26(17-3-7-19(30)8-4-17)18-5-9-20(31)10-6-18/h3-12,23,26H,13-14,16H2,2H3,(H,39,40). The summed E-state index contributed by atoms with van der Waals surface area (Å²) in [6, 6.07) is 14.6. The van der Waals surface area contributed by atoms with E-state index in [1.54, 1.807) is 40.1 Å². The quantitative estimate of drug-likeness (QED) is 0.382. The summed E-state index contributed by atoms with van der Waals surface area (Å²) in [5.41, 5.74) is 1.30. The maximum Gasteiger partial charge on any atom is 0.322 e. The van der Waals surface area contributed by atoms with E-state index < -0.39 is 35.2 Å². The zero-order valence-corrected chi connectivity index (χ0v) is 21.3. The normalized spacial score (nSPS) is 15.7. The zero-order valence-electron chi connectivity index (χ0n) is 21.3. The summed E-state index contributed by atoms with van der Waals surface area (Å²) in [5, 5.41) is 20.3. The van der Waals surface area contributed by atoms with Gasteiger partial charge in [-0.3, -0.25) is 14.5 Å². The van der Waals surface area contributed by atoms with Gasteiger partial charge in [-0.15, -0.1) is 4.98 Å². The zero-order chi connectivity index (χ0) is 28.6. The van der Waals surface area contributed by atoms with E-state index in [4.69, 9.17) is 6.57 Å². The smallest absolute Gasteiger partial charge is 0.322 e. The van der Waals surface area contributed by atoms with E-state index in [1.165, 1.54) is 41.9 Å². The minimum atomic E-state index is -1.15. The highest BCUT2D eigenvalue weighted by Gasteiger charge is 2.39. The average molecular weight is 541 g/mol. The number of nitriles is 1. The Labute approximate surface area is 227 Å². The van der Waals surface area contributed by atoms with Gasteiger partial charge < -0.3 is 19.4 Å². The second-order valence-corrected chi connectivity index (χ2v) is 9.39. The first-order chi connectivity index (χ1) is 19.2. The molecule has 0 bridgehead atoms. The van der Waals surface area contributed by atoms with Crippen molar-refractivity contribution >= 4 is 28.5 Å². The topological polar surface area (TPSA) is 107 Å². The molecule has 40 heavy (non-hydrogen) atoms. The van der Waals surface area contributed by atoms with Crippen LogP contribution in [0.15, 0.2) is 65.5 Å². The first kappa shape index (κ1) is 26.5. The van der Waals surface area contributed by atoms with Crippen LogP contribution in [-0.2, 0) is 11.8 Å². The Morgan fingerprint density at radius 2 is 1.68 bits per heavy atom. The van der Waals surface area contributed by atoms with Gasteiger partial charge in [0.2, 0.25) is 5.52 Å². The molecule has 0 spiro atoms. The lowest BCUT2D eigenvalue weighted by atomic mass is 9.94. The molecule has 2 aromatic carbocycles. The minimum Gasteiger partial charge on any atom is -0.480 e. The van der Waals surface area contributed by atoms with E-state index in [1.807, 2.05) is 6.07 Å². The van der Waals surface area contributed by atoms with Gasteiger partial charge in [-0.25, -0.2) is 8.78 Å². The lowest BCUT2D eigenvalue weighted by Gasteiger charge is -2.44. The number of halogens is 2. The van der Waals surface area contributed by atoms with Gasteiger partial charge in [0.1, 0.15) is 35.0 Å². The molecule has 1 saturated heterocycles. The number of carbonyl (C=O) groups is 1. The van der Waals surface area contributed by atoms with Gasteiger partial charge in [-0.05, 0) is 47.5 Å². The number of anilines is 1. The minimum absolute atomic E-state index is 0.0670. The summed E-state index contributed by atoms with van der Waals surface area (Å²) in [5.74, 6) is -1.99. The van der Waals surface area contributed by atoms with Crippen molar-refractivity contribution in [3.63, 3.8) is 0 Å². The molecular weight excluding hydrogens is 518 g/mol. The number of nitrogens with zero attached hydrogens (tertiary/aromatic N) is 6. The number of hydrogen-bond donors (Lipinski definition) is 1. The number of aliphatic carboxylic acids is 1. The Hall–Kier alpha value is -5.13. The number of aromatic nitrogens is 2. The molecule has 0 aliphatic carbocycles. The van der Waals surface area contributed by atoms with Crippen molar-refractivity contribution in [2.24, 2.45) is 7.05 Å². The van der Waals surface area contributed by atoms with E-state index >= 15 is 0 Å². The molecule has 1 N–H and O–H groups in total. The largest absolute Gasteiger partial charge is 0.480 e. The van der Waals surface area contributed by atoms with Crippen LogP contribution in [0.25, 0.3) is 15.9 Å². The van der Waals surface area contributed by atoms with Crippen LogP contribution in [0.2, 0.25) is 0 Å². The SMILES string of the molecule is [C-]#[N+]c1ccc2c(n1)c(N1CCN(C(c3ccc(F)cc3)c3ccc(F)cc3)C(C(=O)O)C1)c(C#N)c(=O)n2C. The first-order valence-corrected chi connectivity index (χ1v) is 12.3. The Bertz CT molecular complexity index is 1710. The molecule has 9 nitrogen and oxygen atoms in total. The number of carboxylic acids is 1. The van der Waals surface area contributed by atoms with Crippen molar-refractivity contribution in [3.8, 4) is 6.07 Å². The van der Waals surface area contributed by atoms with Gasteiger partial charge >= 0.3 is 5.97 Å². The number of benzene rings is 2. The van der Waals surface area contributed by atoms with Crippen LogP contribution in [0, 0.1) is 29.5 Å². The molecule has 200 valence electrons. The monoisotopic (exact) mass is 540 g/mol. The van der Waals surface area contributed by atoms with Gasteiger partial charge in [-0.2, -0.15) is 5.26 Å². The molecule has 1 atom stereocenters. The molecular formula is C29H22F2N6O3. The number of hydrogen-bond acceptors (Lipinski definition) is 6. The molecule has 0 amide bonds. The average Bonchev–Trinajstić information content (AvgIpc) is 2.96. The number of pyridine rings is 2. The molecule has 1 aliphatic rings. The van der Waals surface area contributed by atoms with Gasteiger partial charge in [0.05, 0.1) is 11.6 Å². The Morgan fingerprint density at radius 1 is 1.07 bits per heavy atom.